The topological polar surface area (TPSA) is 74.8 Å². The second kappa shape index (κ2) is 7.94. The second-order valence-electron chi connectivity index (χ2n) is 6.67. The van der Waals surface area contributed by atoms with Crippen molar-refractivity contribution in [1.29, 1.82) is 0 Å². The molecule has 0 spiro atoms. The molecule has 0 aromatic heterocycles. The molecule has 0 aromatic rings. The van der Waals surface area contributed by atoms with Crippen LogP contribution in [0.4, 0.5) is 0 Å². The summed E-state index contributed by atoms with van der Waals surface area (Å²) in [6.45, 7) is 4.71. The van der Waals surface area contributed by atoms with Crippen molar-refractivity contribution in [3.8, 4) is 0 Å². The summed E-state index contributed by atoms with van der Waals surface area (Å²) in [6.07, 6.45) is 1.58. The molecule has 1 rings (SSSR count). The summed E-state index contributed by atoms with van der Waals surface area (Å²) in [4.78, 5) is 27.4. The molecule has 1 aliphatic heterocycles. The number of likely N-dealkylation sites (tertiary alicyclic amines) is 1. The molecule has 0 saturated carbocycles. The number of carbonyl (C=O) groups is 2. The summed E-state index contributed by atoms with van der Waals surface area (Å²) in [5, 5.41) is 0. The Kier molecular flexibility index (Phi) is 6.84. The van der Waals surface area contributed by atoms with E-state index in [-0.39, 0.29) is 41.6 Å². The van der Waals surface area contributed by atoms with Gasteiger partial charge in [-0.05, 0) is 18.8 Å². The molecule has 7 heteroatoms. The molecule has 0 N–H and O–H groups in total. The largest absolute Gasteiger partial charge is 0.349 e. The van der Waals surface area contributed by atoms with Gasteiger partial charge in [0.2, 0.25) is 11.8 Å². The molecule has 1 aliphatic rings. The molecular weight excluding hydrogens is 304 g/mol. The van der Waals surface area contributed by atoms with E-state index in [1.807, 2.05) is 13.8 Å². The van der Waals surface area contributed by atoms with E-state index in [1.165, 1.54) is 0 Å². The number of piperidine rings is 1. The Morgan fingerprint density at radius 2 is 1.91 bits per heavy atom. The van der Waals surface area contributed by atoms with Crippen LogP contribution in [0.2, 0.25) is 0 Å². The van der Waals surface area contributed by atoms with Gasteiger partial charge in [-0.25, -0.2) is 8.42 Å². The van der Waals surface area contributed by atoms with E-state index >= 15 is 0 Å². The molecule has 6 nitrogen and oxygen atoms in total. The molecule has 1 unspecified atom stereocenters. The quantitative estimate of drug-likeness (QED) is 0.720. The predicted octanol–water partition coefficient (Wildman–Crippen LogP) is 0.774. The van der Waals surface area contributed by atoms with Gasteiger partial charge in [-0.3, -0.25) is 9.59 Å². The third-order valence-corrected chi connectivity index (χ3v) is 5.78. The molecule has 0 aromatic carbocycles. The second-order valence-corrected chi connectivity index (χ2v) is 8.90. The van der Waals surface area contributed by atoms with Crippen LogP contribution in [0.1, 0.15) is 33.1 Å². The highest BCUT2D eigenvalue weighted by atomic mass is 32.2. The van der Waals surface area contributed by atoms with E-state index < -0.39 is 9.84 Å². The van der Waals surface area contributed by atoms with Gasteiger partial charge >= 0.3 is 0 Å². The molecule has 22 heavy (non-hydrogen) atoms. The Hall–Kier alpha value is -1.11. The minimum atomic E-state index is -3.18. The van der Waals surface area contributed by atoms with Crippen LogP contribution in [0.3, 0.4) is 0 Å². The number of rotatable bonds is 6. The van der Waals surface area contributed by atoms with Crippen molar-refractivity contribution in [3.05, 3.63) is 0 Å². The van der Waals surface area contributed by atoms with Crippen LogP contribution in [0, 0.1) is 11.8 Å². The summed E-state index contributed by atoms with van der Waals surface area (Å²) >= 11 is 0. The zero-order valence-corrected chi connectivity index (χ0v) is 14.9. The minimum absolute atomic E-state index is 0.0118. The Morgan fingerprint density at radius 1 is 1.27 bits per heavy atom. The van der Waals surface area contributed by atoms with Crippen molar-refractivity contribution >= 4 is 21.7 Å². The summed E-state index contributed by atoms with van der Waals surface area (Å²) < 4.78 is 23.7. The van der Waals surface area contributed by atoms with Gasteiger partial charge in [0.25, 0.3) is 0 Å². The van der Waals surface area contributed by atoms with Crippen LogP contribution in [0.15, 0.2) is 0 Å². The normalized spacial score (nSPS) is 19.3. The maximum Gasteiger partial charge on any atom is 0.226 e. The Balaban J connectivity index is 2.53. The summed E-state index contributed by atoms with van der Waals surface area (Å²) in [5.41, 5.74) is 0. The van der Waals surface area contributed by atoms with Gasteiger partial charge in [0.05, 0.1) is 17.4 Å². The summed E-state index contributed by atoms with van der Waals surface area (Å²) in [7, 11) is 0.239. The highest BCUT2D eigenvalue weighted by Gasteiger charge is 2.29. The monoisotopic (exact) mass is 332 g/mol. The van der Waals surface area contributed by atoms with Crippen LogP contribution < -0.4 is 0 Å². The van der Waals surface area contributed by atoms with Crippen molar-refractivity contribution in [2.45, 2.75) is 33.1 Å². The maximum absolute atomic E-state index is 12.2. The van der Waals surface area contributed by atoms with E-state index in [2.05, 4.69) is 0 Å². The zero-order chi connectivity index (χ0) is 16.9. The van der Waals surface area contributed by atoms with Gasteiger partial charge in [0, 0.05) is 33.6 Å². The molecule has 128 valence electrons. The summed E-state index contributed by atoms with van der Waals surface area (Å²) in [6, 6.07) is 0. The average Bonchev–Trinajstić information content (AvgIpc) is 2.42. The zero-order valence-electron chi connectivity index (χ0n) is 14.0. The van der Waals surface area contributed by atoms with Crippen molar-refractivity contribution in [2.24, 2.45) is 11.8 Å². The molecule has 0 radical (unpaired) electrons. The fourth-order valence-corrected chi connectivity index (χ4v) is 4.43. The van der Waals surface area contributed by atoms with Crippen molar-refractivity contribution in [3.63, 3.8) is 0 Å². The summed E-state index contributed by atoms with van der Waals surface area (Å²) in [5.74, 6) is -0.222. The van der Waals surface area contributed by atoms with Crippen molar-refractivity contribution in [2.75, 3.05) is 38.7 Å². The van der Waals surface area contributed by atoms with Crippen LogP contribution in [-0.4, -0.2) is 68.7 Å². The van der Waals surface area contributed by atoms with Crippen LogP contribution >= 0.6 is 0 Å². The molecule has 2 amide bonds. The lowest BCUT2D eigenvalue weighted by Gasteiger charge is -2.33. The van der Waals surface area contributed by atoms with Crippen LogP contribution in [0.25, 0.3) is 0 Å². The standard InChI is InChI=1S/C15H28N2O4S/c1-12(2)11-22(20,21)9-7-14(18)17-8-5-6-13(10-17)15(19)16(3)4/h12-13H,5-11H2,1-4H3. The average molecular weight is 332 g/mol. The number of amides is 2. The lowest BCUT2D eigenvalue weighted by atomic mass is 9.96. The van der Waals surface area contributed by atoms with Gasteiger partial charge in [-0.2, -0.15) is 0 Å². The third-order valence-electron chi connectivity index (χ3n) is 3.78. The number of hydrogen-bond donors (Lipinski definition) is 0. The van der Waals surface area contributed by atoms with Gasteiger partial charge in [-0.1, -0.05) is 13.8 Å². The minimum Gasteiger partial charge on any atom is -0.349 e. The SMILES string of the molecule is CC(C)CS(=O)(=O)CCC(=O)N1CCCC(C(=O)N(C)C)C1. The van der Waals surface area contributed by atoms with Gasteiger partial charge in [0.1, 0.15) is 0 Å². The highest BCUT2D eigenvalue weighted by molar-refractivity contribution is 7.91. The maximum atomic E-state index is 12.2. The first-order valence-electron chi connectivity index (χ1n) is 7.81. The predicted molar refractivity (Wildman–Crippen MR) is 86.1 cm³/mol. The molecule has 1 atom stereocenters. The lowest BCUT2D eigenvalue weighted by Crippen LogP contribution is -2.45. The van der Waals surface area contributed by atoms with Gasteiger partial charge in [0.15, 0.2) is 9.84 Å². The first kappa shape index (κ1) is 18.9. The van der Waals surface area contributed by atoms with E-state index in [0.717, 1.165) is 12.8 Å². The molecule has 0 aliphatic carbocycles. The smallest absolute Gasteiger partial charge is 0.226 e. The van der Waals surface area contributed by atoms with Gasteiger partial charge in [-0.15, -0.1) is 0 Å². The number of carbonyl (C=O) groups excluding carboxylic acids is 2. The molecule has 1 saturated heterocycles. The van der Waals surface area contributed by atoms with Crippen LogP contribution in [-0.2, 0) is 19.4 Å². The molecule has 0 bridgehead atoms. The highest BCUT2D eigenvalue weighted by Crippen LogP contribution is 2.19. The van der Waals surface area contributed by atoms with E-state index in [1.54, 1.807) is 23.9 Å². The Morgan fingerprint density at radius 3 is 2.45 bits per heavy atom. The van der Waals surface area contributed by atoms with E-state index in [9.17, 15) is 18.0 Å². The number of sulfone groups is 1. The molecule has 1 heterocycles. The fraction of sp³-hybridized carbons (Fsp3) is 0.867. The van der Waals surface area contributed by atoms with Gasteiger partial charge < -0.3 is 9.80 Å². The fourth-order valence-electron chi connectivity index (χ4n) is 2.76. The van der Waals surface area contributed by atoms with E-state index in [4.69, 9.17) is 0 Å². The first-order valence-corrected chi connectivity index (χ1v) is 9.64. The van der Waals surface area contributed by atoms with Crippen molar-refractivity contribution in [1.82, 2.24) is 9.80 Å². The Labute approximate surface area is 133 Å². The van der Waals surface area contributed by atoms with E-state index in [0.29, 0.717) is 13.1 Å². The molecular formula is C15H28N2O4S. The first-order chi connectivity index (χ1) is 10.1. The third kappa shape index (κ3) is 5.94. The van der Waals surface area contributed by atoms with Crippen LogP contribution in [0.5, 0.6) is 0 Å². The number of nitrogens with zero attached hydrogens (tertiary/aromatic N) is 2. The van der Waals surface area contributed by atoms with Crippen molar-refractivity contribution < 1.29 is 18.0 Å². The Bertz CT molecular complexity index is 500. The lowest BCUT2D eigenvalue weighted by molar-refractivity contribution is -0.139. The number of hydrogen-bond acceptors (Lipinski definition) is 4. The molecule has 1 fully saturated rings.